The zero-order valence-electron chi connectivity index (χ0n) is 11.2. The molecule has 6 heteroatoms. The van der Waals surface area contributed by atoms with Crippen LogP contribution in [0.4, 0.5) is 5.69 Å². The molecular formula is C15H13Br2NO3. The van der Waals surface area contributed by atoms with Gasteiger partial charge in [-0.05, 0) is 62.5 Å². The van der Waals surface area contributed by atoms with Gasteiger partial charge >= 0.3 is 0 Å². The van der Waals surface area contributed by atoms with Crippen LogP contribution in [-0.2, 0) is 4.79 Å². The number of phenols is 1. The molecule has 110 valence electrons. The van der Waals surface area contributed by atoms with Gasteiger partial charge < -0.3 is 15.2 Å². The maximum absolute atomic E-state index is 11.9. The first-order valence-electron chi connectivity index (χ1n) is 6.13. The van der Waals surface area contributed by atoms with Crippen molar-refractivity contribution in [1.82, 2.24) is 0 Å². The minimum absolute atomic E-state index is 0.0824. The standard InChI is InChI=1S/C15H13Br2NO3/c1-9-4-2-3-5-13(9)21-8-14(19)18-10-6-11(16)15(20)12(17)7-10/h2-7,20H,8H2,1H3,(H,18,19). The number of aromatic hydroxyl groups is 1. The quantitative estimate of drug-likeness (QED) is 0.735. The van der Waals surface area contributed by atoms with Crippen LogP contribution in [0.15, 0.2) is 45.3 Å². The lowest BCUT2D eigenvalue weighted by Gasteiger charge is -2.10. The Morgan fingerprint density at radius 3 is 2.48 bits per heavy atom. The summed E-state index contributed by atoms with van der Waals surface area (Å²) >= 11 is 6.42. The molecule has 0 aliphatic carbocycles. The number of halogens is 2. The molecule has 0 saturated carbocycles. The van der Waals surface area contributed by atoms with E-state index < -0.39 is 0 Å². The highest BCUT2D eigenvalue weighted by Crippen LogP contribution is 2.35. The second kappa shape index (κ2) is 6.95. The van der Waals surface area contributed by atoms with E-state index in [2.05, 4.69) is 37.2 Å². The van der Waals surface area contributed by atoms with Crippen LogP contribution in [-0.4, -0.2) is 17.6 Å². The molecule has 2 rings (SSSR count). The molecule has 0 radical (unpaired) electrons. The highest BCUT2D eigenvalue weighted by atomic mass is 79.9. The highest BCUT2D eigenvalue weighted by Gasteiger charge is 2.09. The number of ether oxygens (including phenoxy) is 1. The van der Waals surface area contributed by atoms with E-state index in [0.29, 0.717) is 20.4 Å². The molecule has 0 atom stereocenters. The van der Waals surface area contributed by atoms with Crippen molar-refractivity contribution < 1.29 is 14.6 Å². The van der Waals surface area contributed by atoms with Crippen molar-refractivity contribution in [3.05, 3.63) is 50.9 Å². The summed E-state index contributed by atoms with van der Waals surface area (Å²) in [5.74, 6) is 0.493. The van der Waals surface area contributed by atoms with E-state index in [9.17, 15) is 9.90 Å². The summed E-state index contributed by atoms with van der Waals surface area (Å²) < 4.78 is 6.46. The fraction of sp³-hybridized carbons (Fsp3) is 0.133. The molecule has 0 saturated heterocycles. The second-order valence-corrected chi connectivity index (χ2v) is 6.10. The number of carbonyl (C=O) groups is 1. The monoisotopic (exact) mass is 413 g/mol. The third-order valence-electron chi connectivity index (χ3n) is 2.75. The first-order valence-corrected chi connectivity index (χ1v) is 7.72. The van der Waals surface area contributed by atoms with Crippen molar-refractivity contribution in [1.29, 1.82) is 0 Å². The summed E-state index contributed by atoms with van der Waals surface area (Å²) in [4.78, 5) is 11.9. The SMILES string of the molecule is Cc1ccccc1OCC(=O)Nc1cc(Br)c(O)c(Br)c1. The molecule has 1 amide bonds. The Balaban J connectivity index is 1.98. The summed E-state index contributed by atoms with van der Waals surface area (Å²) in [5.41, 5.74) is 1.53. The largest absolute Gasteiger partial charge is 0.506 e. The fourth-order valence-electron chi connectivity index (χ4n) is 1.70. The van der Waals surface area contributed by atoms with E-state index >= 15 is 0 Å². The summed E-state index contributed by atoms with van der Waals surface area (Å²) in [6, 6.07) is 10.7. The number of hydrogen-bond acceptors (Lipinski definition) is 3. The predicted octanol–water partition coefficient (Wildman–Crippen LogP) is 4.24. The van der Waals surface area contributed by atoms with Crippen molar-refractivity contribution in [3.8, 4) is 11.5 Å². The van der Waals surface area contributed by atoms with Crippen LogP contribution in [0.5, 0.6) is 11.5 Å². The molecule has 2 aromatic carbocycles. The molecule has 0 spiro atoms. The number of rotatable bonds is 4. The molecule has 2 N–H and O–H groups in total. The Kier molecular flexibility index (Phi) is 5.25. The molecule has 0 aliphatic rings. The fourth-order valence-corrected chi connectivity index (χ4v) is 2.88. The van der Waals surface area contributed by atoms with Crippen LogP contribution in [0.25, 0.3) is 0 Å². The molecule has 21 heavy (non-hydrogen) atoms. The van der Waals surface area contributed by atoms with E-state index in [-0.39, 0.29) is 18.3 Å². The molecular weight excluding hydrogens is 402 g/mol. The van der Waals surface area contributed by atoms with Gasteiger partial charge in [0.1, 0.15) is 11.5 Å². The molecule has 2 aromatic rings. The first-order chi connectivity index (χ1) is 9.97. The molecule has 4 nitrogen and oxygen atoms in total. The number of nitrogens with one attached hydrogen (secondary N) is 1. The first kappa shape index (κ1) is 15.9. The molecule has 0 aliphatic heterocycles. The molecule has 0 heterocycles. The van der Waals surface area contributed by atoms with Crippen molar-refractivity contribution in [2.75, 3.05) is 11.9 Å². The van der Waals surface area contributed by atoms with Crippen LogP contribution < -0.4 is 10.1 Å². The number of carbonyl (C=O) groups excluding carboxylic acids is 1. The Bertz CT molecular complexity index is 651. The van der Waals surface area contributed by atoms with Crippen LogP contribution in [0.3, 0.4) is 0 Å². The molecule has 0 unspecified atom stereocenters. The number of benzene rings is 2. The lowest BCUT2D eigenvalue weighted by Crippen LogP contribution is -2.20. The van der Waals surface area contributed by atoms with Gasteiger partial charge in [0.25, 0.3) is 5.91 Å². The Labute approximate surface area is 139 Å². The van der Waals surface area contributed by atoms with Gasteiger partial charge in [-0.2, -0.15) is 0 Å². The highest BCUT2D eigenvalue weighted by molar-refractivity contribution is 9.11. The van der Waals surface area contributed by atoms with Crippen LogP contribution in [0, 0.1) is 6.92 Å². The van der Waals surface area contributed by atoms with Crippen LogP contribution in [0.1, 0.15) is 5.56 Å². The third kappa shape index (κ3) is 4.22. The zero-order chi connectivity index (χ0) is 15.4. The van der Waals surface area contributed by atoms with E-state index in [4.69, 9.17) is 4.74 Å². The minimum atomic E-state index is -0.275. The van der Waals surface area contributed by atoms with Crippen molar-refractivity contribution >= 4 is 43.5 Å². The third-order valence-corrected chi connectivity index (χ3v) is 3.96. The number of hydrogen-bond donors (Lipinski definition) is 2. The zero-order valence-corrected chi connectivity index (χ0v) is 14.4. The summed E-state index contributed by atoms with van der Waals surface area (Å²) in [6.07, 6.45) is 0. The van der Waals surface area contributed by atoms with Crippen molar-refractivity contribution in [3.63, 3.8) is 0 Å². The number of aryl methyl sites for hydroxylation is 1. The van der Waals surface area contributed by atoms with Gasteiger partial charge in [-0.1, -0.05) is 18.2 Å². The molecule has 0 aromatic heterocycles. The van der Waals surface area contributed by atoms with Gasteiger partial charge in [-0.15, -0.1) is 0 Å². The van der Waals surface area contributed by atoms with E-state index in [1.165, 1.54) is 0 Å². The Hall–Kier alpha value is -1.53. The van der Waals surface area contributed by atoms with Crippen molar-refractivity contribution in [2.24, 2.45) is 0 Å². The molecule has 0 bridgehead atoms. The average molecular weight is 415 g/mol. The van der Waals surface area contributed by atoms with Gasteiger partial charge in [-0.3, -0.25) is 4.79 Å². The van der Waals surface area contributed by atoms with Gasteiger partial charge in [-0.25, -0.2) is 0 Å². The second-order valence-electron chi connectivity index (χ2n) is 4.39. The summed E-state index contributed by atoms with van der Waals surface area (Å²) in [7, 11) is 0. The maximum Gasteiger partial charge on any atom is 0.262 e. The smallest absolute Gasteiger partial charge is 0.262 e. The van der Waals surface area contributed by atoms with Gasteiger partial charge in [0.2, 0.25) is 0 Å². The van der Waals surface area contributed by atoms with Crippen LogP contribution in [0.2, 0.25) is 0 Å². The predicted molar refractivity (Wildman–Crippen MR) is 88.8 cm³/mol. The van der Waals surface area contributed by atoms with E-state index in [0.717, 1.165) is 5.56 Å². The minimum Gasteiger partial charge on any atom is -0.506 e. The normalized spacial score (nSPS) is 10.2. The number of para-hydroxylation sites is 1. The van der Waals surface area contributed by atoms with E-state index in [1.54, 1.807) is 12.1 Å². The lowest BCUT2D eigenvalue weighted by atomic mass is 10.2. The topological polar surface area (TPSA) is 58.6 Å². The molecule has 0 fully saturated rings. The van der Waals surface area contributed by atoms with Gasteiger partial charge in [0, 0.05) is 5.69 Å². The average Bonchev–Trinajstić information content (AvgIpc) is 2.44. The lowest BCUT2D eigenvalue weighted by molar-refractivity contribution is -0.118. The van der Waals surface area contributed by atoms with Gasteiger partial charge in [0.05, 0.1) is 8.95 Å². The number of phenolic OH excluding ortho intramolecular Hbond substituents is 1. The summed E-state index contributed by atoms with van der Waals surface area (Å²) in [6.45, 7) is 1.84. The van der Waals surface area contributed by atoms with Crippen molar-refractivity contribution in [2.45, 2.75) is 6.92 Å². The summed E-state index contributed by atoms with van der Waals surface area (Å²) in [5, 5.41) is 12.3. The van der Waals surface area contributed by atoms with E-state index in [1.807, 2.05) is 31.2 Å². The number of amides is 1. The number of anilines is 1. The van der Waals surface area contributed by atoms with Gasteiger partial charge in [0.15, 0.2) is 6.61 Å². The maximum atomic E-state index is 11.9. The Morgan fingerprint density at radius 2 is 1.86 bits per heavy atom. The Morgan fingerprint density at radius 1 is 1.24 bits per heavy atom. The van der Waals surface area contributed by atoms with Crippen LogP contribution >= 0.6 is 31.9 Å².